The average Bonchev–Trinajstić information content (AvgIpc) is 2.53. The fourth-order valence-electron chi connectivity index (χ4n) is 2.11. The first-order chi connectivity index (χ1) is 11.0. The zero-order valence-electron chi connectivity index (χ0n) is 11.5. The topological polar surface area (TPSA) is 100 Å². The Labute approximate surface area is 128 Å². The summed E-state index contributed by atoms with van der Waals surface area (Å²) in [6.07, 6.45) is 0. The number of carbonyl (C=O) groups excluding carboxylic acids is 1. The molecule has 0 atom stereocenters. The maximum absolute atomic E-state index is 12.9. The van der Waals surface area contributed by atoms with Crippen LogP contribution in [0.4, 0.5) is 4.39 Å². The lowest BCUT2D eigenvalue weighted by atomic mass is 10.1. The number of hydrogen-bond acceptors (Lipinski definition) is 4. The van der Waals surface area contributed by atoms with Crippen LogP contribution in [0.25, 0.3) is 11.0 Å². The number of carboxylic acid groups (broad SMARTS) is 1. The van der Waals surface area contributed by atoms with Crippen LogP contribution in [0.2, 0.25) is 0 Å². The van der Waals surface area contributed by atoms with E-state index in [4.69, 9.17) is 5.11 Å². The number of hydrogen-bond donors (Lipinski definition) is 2. The SMILES string of the molecule is O=C(O)c1ccc2[nH]c(=O)c(C(=O)c3ccc(F)cc3)nc2c1. The number of aromatic carboxylic acids is 1. The summed E-state index contributed by atoms with van der Waals surface area (Å²) in [6.45, 7) is 0. The maximum Gasteiger partial charge on any atom is 0.335 e. The van der Waals surface area contributed by atoms with E-state index in [0.717, 1.165) is 12.1 Å². The van der Waals surface area contributed by atoms with Gasteiger partial charge in [-0.1, -0.05) is 0 Å². The van der Waals surface area contributed by atoms with Crippen molar-refractivity contribution in [1.29, 1.82) is 0 Å². The van der Waals surface area contributed by atoms with Crippen molar-refractivity contribution in [2.75, 3.05) is 0 Å². The molecule has 0 radical (unpaired) electrons. The number of aromatic nitrogens is 2. The number of benzene rings is 2. The third kappa shape index (κ3) is 2.71. The minimum absolute atomic E-state index is 0.0165. The number of carboxylic acids is 1. The van der Waals surface area contributed by atoms with Crippen molar-refractivity contribution in [2.45, 2.75) is 0 Å². The molecule has 0 aliphatic carbocycles. The lowest BCUT2D eigenvalue weighted by Crippen LogP contribution is -2.21. The summed E-state index contributed by atoms with van der Waals surface area (Å²) in [5, 5.41) is 8.98. The van der Waals surface area contributed by atoms with E-state index in [1.165, 1.54) is 30.3 Å². The molecular formula is C16H9FN2O4. The molecule has 0 fully saturated rings. The van der Waals surface area contributed by atoms with Crippen molar-refractivity contribution in [1.82, 2.24) is 9.97 Å². The predicted molar refractivity (Wildman–Crippen MR) is 79.2 cm³/mol. The average molecular weight is 312 g/mol. The molecule has 0 bridgehead atoms. The predicted octanol–water partition coefficient (Wildman–Crippen LogP) is 1.99. The number of carbonyl (C=O) groups is 2. The molecule has 0 saturated heterocycles. The van der Waals surface area contributed by atoms with Gasteiger partial charge in [0.25, 0.3) is 5.56 Å². The Morgan fingerprint density at radius 2 is 1.70 bits per heavy atom. The quantitative estimate of drug-likeness (QED) is 0.720. The molecule has 0 aliphatic rings. The number of halogens is 1. The van der Waals surface area contributed by atoms with Crippen LogP contribution in [0.1, 0.15) is 26.4 Å². The van der Waals surface area contributed by atoms with Crippen molar-refractivity contribution in [3.8, 4) is 0 Å². The molecule has 1 heterocycles. The molecule has 0 aliphatic heterocycles. The monoisotopic (exact) mass is 312 g/mol. The van der Waals surface area contributed by atoms with Crippen LogP contribution >= 0.6 is 0 Å². The molecule has 114 valence electrons. The third-order valence-corrected chi connectivity index (χ3v) is 3.26. The van der Waals surface area contributed by atoms with E-state index in [9.17, 15) is 18.8 Å². The van der Waals surface area contributed by atoms with Crippen molar-refractivity contribution >= 4 is 22.8 Å². The van der Waals surface area contributed by atoms with Gasteiger partial charge in [-0.3, -0.25) is 9.59 Å². The maximum atomic E-state index is 12.9. The highest BCUT2D eigenvalue weighted by atomic mass is 19.1. The second-order valence-electron chi connectivity index (χ2n) is 4.79. The smallest absolute Gasteiger partial charge is 0.335 e. The van der Waals surface area contributed by atoms with E-state index in [1.54, 1.807) is 0 Å². The first-order valence-corrected chi connectivity index (χ1v) is 6.53. The summed E-state index contributed by atoms with van der Waals surface area (Å²) in [4.78, 5) is 41.8. The van der Waals surface area contributed by atoms with E-state index >= 15 is 0 Å². The van der Waals surface area contributed by atoms with Gasteiger partial charge in [-0.25, -0.2) is 14.2 Å². The molecule has 0 amide bonds. The van der Waals surface area contributed by atoms with Crippen LogP contribution in [0, 0.1) is 5.82 Å². The highest BCUT2D eigenvalue weighted by Crippen LogP contribution is 2.13. The molecule has 1 aromatic heterocycles. The second-order valence-corrected chi connectivity index (χ2v) is 4.79. The standard InChI is InChI=1S/C16H9FN2O4/c17-10-4-1-8(2-5-10)14(20)13-15(21)19-11-6-3-9(16(22)23)7-12(11)18-13/h1-7H,(H,19,21)(H,22,23). The zero-order valence-corrected chi connectivity index (χ0v) is 11.5. The second kappa shape index (κ2) is 5.45. The number of fused-ring (bicyclic) bond motifs is 1. The highest BCUT2D eigenvalue weighted by molar-refractivity contribution is 6.08. The van der Waals surface area contributed by atoms with Crippen LogP contribution in [0.5, 0.6) is 0 Å². The van der Waals surface area contributed by atoms with E-state index < -0.39 is 23.1 Å². The normalized spacial score (nSPS) is 10.7. The Balaban J connectivity index is 2.14. The number of H-pyrrole nitrogens is 1. The van der Waals surface area contributed by atoms with Crippen LogP contribution in [-0.4, -0.2) is 26.8 Å². The van der Waals surface area contributed by atoms with E-state index in [2.05, 4.69) is 9.97 Å². The number of nitrogens with zero attached hydrogens (tertiary/aromatic N) is 1. The number of ketones is 1. The lowest BCUT2D eigenvalue weighted by molar-refractivity contribution is 0.0697. The molecule has 0 unspecified atom stereocenters. The highest BCUT2D eigenvalue weighted by Gasteiger charge is 2.17. The molecule has 0 spiro atoms. The molecule has 7 heteroatoms. The van der Waals surface area contributed by atoms with Crippen LogP contribution in [0.15, 0.2) is 47.3 Å². The van der Waals surface area contributed by atoms with E-state index in [1.807, 2.05) is 0 Å². The minimum atomic E-state index is -1.15. The van der Waals surface area contributed by atoms with Gasteiger partial charge in [0.1, 0.15) is 5.82 Å². The van der Waals surface area contributed by atoms with Gasteiger partial charge >= 0.3 is 5.97 Å². The summed E-state index contributed by atoms with van der Waals surface area (Å²) in [5.41, 5.74) is -0.498. The molecular weight excluding hydrogens is 303 g/mol. The minimum Gasteiger partial charge on any atom is -0.478 e. The Hall–Kier alpha value is -3.35. The molecule has 2 aromatic carbocycles. The van der Waals surface area contributed by atoms with Crippen LogP contribution < -0.4 is 5.56 Å². The summed E-state index contributed by atoms with van der Waals surface area (Å²) in [5.74, 6) is -2.33. The van der Waals surface area contributed by atoms with Gasteiger partial charge in [0.15, 0.2) is 5.69 Å². The summed E-state index contributed by atoms with van der Waals surface area (Å²) < 4.78 is 12.9. The van der Waals surface area contributed by atoms with Gasteiger partial charge in [-0.05, 0) is 42.5 Å². The van der Waals surface area contributed by atoms with Crippen LogP contribution in [0.3, 0.4) is 0 Å². The lowest BCUT2D eigenvalue weighted by Gasteiger charge is -2.03. The number of rotatable bonds is 3. The molecule has 3 aromatic rings. The van der Waals surface area contributed by atoms with Gasteiger partial charge in [0.05, 0.1) is 16.6 Å². The summed E-state index contributed by atoms with van der Waals surface area (Å²) in [7, 11) is 0. The Morgan fingerprint density at radius 3 is 2.35 bits per heavy atom. The van der Waals surface area contributed by atoms with Gasteiger partial charge in [-0.2, -0.15) is 0 Å². The molecule has 23 heavy (non-hydrogen) atoms. The Bertz CT molecular complexity index is 993. The van der Waals surface area contributed by atoms with Crippen molar-refractivity contribution < 1.29 is 19.1 Å². The molecule has 2 N–H and O–H groups in total. The zero-order chi connectivity index (χ0) is 16.6. The molecule has 3 rings (SSSR count). The van der Waals surface area contributed by atoms with E-state index in [-0.39, 0.29) is 22.3 Å². The molecule has 6 nitrogen and oxygen atoms in total. The van der Waals surface area contributed by atoms with Gasteiger partial charge in [-0.15, -0.1) is 0 Å². The Morgan fingerprint density at radius 1 is 1.04 bits per heavy atom. The molecule has 0 saturated carbocycles. The summed E-state index contributed by atoms with van der Waals surface area (Å²) >= 11 is 0. The fourth-order valence-corrected chi connectivity index (χ4v) is 2.11. The Kier molecular flexibility index (Phi) is 3.46. The van der Waals surface area contributed by atoms with Crippen molar-refractivity contribution in [2.24, 2.45) is 0 Å². The third-order valence-electron chi connectivity index (χ3n) is 3.26. The van der Waals surface area contributed by atoms with Gasteiger partial charge < -0.3 is 10.1 Å². The summed E-state index contributed by atoms with van der Waals surface area (Å²) in [6, 6.07) is 8.68. The number of nitrogens with one attached hydrogen (secondary N) is 1. The first-order valence-electron chi connectivity index (χ1n) is 6.53. The van der Waals surface area contributed by atoms with Gasteiger partial charge in [0, 0.05) is 5.56 Å². The largest absolute Gasteiger partial charge is 0.478 e. The van der Waals surface area contributed by atoms with Crippen LogP contribution in [-0.2, 0) is 0 Å². The van der Waals surface area contributed by atoms with Crippen molar-refractivity contribution in [3.63, 3.8) is 0 Å². The van der Waals surface area contributed by atoms with Gasteiger partial charge in [0.2, 0.25) is 5.78 Å². The first kappa shape index (κ1) is 14.6. The number of aromatic amines is 1. The fraction of sp³-hybridized carbons (Fsp3) is 0. The van der Waals surface area contributed by atoms with Crippen molar-refractivity contribution in [3.05, 3.63) is 75.5 Å². The van der Waals surface area contributed by atoms with E-state index in [0.29, 0.717) is 5.52 Å².